The van der Waals surface area contributed by atoms with Gasteiger partial charge in [0.15, 0.2) is 0 Å². The van der Waals surface area contributed by atoms with Crippen LogP contribution in [0.3, 0.4) is 0 Å². The lowest BCUT2D eigenvalue weighted by molar-refractivity contribution is 0.0467. The van der Waals surface area contributed by atoms with Crippen LogP contribution >= 0.6 is 0 Å². The van der Waals surface area contributed by atoms with E-state index in [9.17, 15) is 0 Å². The van der Waals surface area contributed by atoms with Crippen LogP contribution in [0, 0.1) is 10.8 Å². The Bertz CT molecular complexity index is 379. The third kappa shape index (κ3) is 2.65. The number of nitrogens with zero attached hydrogens (tertiary/aromatic N) is 2. The highest BCUT2D eigenvalue weighted by molar-refractivity contribution is 5.20. The van der Waals surface area contributed by atoms with E-state index in [1.807, 2.05) is 12.4 Å². The Morgan fingerprint density at radius 3 is 1.88 bits per heavy atom. The lowest BCUT2D eigenvalue weighted by atomic mass is 9.57. The van der Waals surface area contributed by atoms with E-state index in [0.29, 0.717) is 0 Å². The first-order chi connectivity index (χ1) is 7.73. The van der Waals surface area contributed by atoms with Gasteiger partial charge in [0, 0.05) is 23.5 Å². The van der Waals surface area contributed by atoms with Gasteiger partial charge in [-0.15, -0.1) is 0 Å². The molecule has 17 heavy (non-hydrogen) atoms. The first-order valence-corrected chi connectivity index (χ1v) is 6.27. The van der Waals surface area contributed by atoms with E-state index in [0.717, 1.165) is 18.4 Å². The van der Waals surface area contributed by atoms with Crippen LogP contribution in [0.5, 0.6) is 0 Å². The molecule has 1 aliphatic rings. The van der Waals surface area contributed by atoms with Crippen LogP contribution in [0.15, 0.2) is 18.7 Å². The van der Waals surface area contributed by atoms with Gasteiger partial charge in [0.25, 0.3) is 0 Å². The minimum absolute atomic E-state index is 0.270. The highest BCUT2D eigenvalue weighted by Gasteiger charge is 2.46. The predicted molar refractivity (Wildman–Crippen MR) is 69.3 cm³/mol. The van der Waals surface area contributed by atoms with E-state index in [1.165, 1.54) is 6.42 Å². The molecule has 0 atom stereocenters. The monoisotopic (exact) mass is 233 g/mol. The van der Waals surface area contributed by atoms with Gasteiger partial charge >= 0.3 is 0 Å². The summed E-state index contributed by atoms with van der Waals surface area (Å²) in [5.74, 6) is 0. The predicted octanol–water partition coefficient (Wildman–Crippen LogP) is 2.87. The Morgan fingerprint density at radius 2 is 1.41 bits per heavy atom. The molecule has 1 heterocycles. The minimum atomic E-state index is -0.285. The average Bonchev–Trinajstić information content (AvgIpc) is 2.13. The van der Waals surface area contributed by atoms with Crippen LogP contribution in [0.2, 0.25) is 0 Å². The van der Waals surface area contributed by atoms with Crippen molar-refractivity contribution in [3.05, 3.63) is 24.3 Å². The molecule has 0 spiro atoms. The van der Waals surface area contributed by atoms with Gasteiger partial charge in [-0.1, -0.05) is 27.7 Å². The van der Waals surface area contributed by atoms with E-state index in [1.54, 1.807) is 6.33 Å². The summed E-state index contributed by atoms with van der Waals surface area (Å²) in [6.45, 7) is 9.22. The summed E-state index contributed by atoms with van der Waals surface area (Å²) >= 11 is 0. The molecule has 2 rings (SSSR count). The van der Waals surface area contributed by atoms with Gasteiger partial charge in [-0.2, -0.15) is 0 Å². The molecule has 1 fully saturated rings. The van der Waals surface area contributed by atoms with Crippen molar-refractivity contribution < 1.29 is 0 Å². The maximum atomic E-state index is 6.65. The smallest absolute Gasteiger partial charge is 0.115 e. The van der Waals surface area contributed by atoms with Crippen LogP contribution in [0.25, 0.3) is 0 Å². The van der Waals surface area contributed by atoms with Crippen molar-refractivity contribution in [2.45, 2.75) is 52.5 Å². The third-order valence-electron chi connectivity index (χ3n) is 3.68. The van der Waals surface area contributed by atoms with Crippen LogP contribution in [-0.4, -0.2) is 9.97 Å². The summed E-state index contributed by atoms with van der Waals surface area (Å²) in [5.41, 5.74) is 7.98. The third-order valence-corrected chi connectivity index (χ3v) is 3.68. The zero-order valence-corrected chi connectivity index (χ0v) is 11.3. The second-order valence-corrected chi connectivity index (χ2v) is 7.14. The Morgan fingerprint density at radius 1 is 0.941 bits per heavy atom. The Balaban J connectivity index is 2.37. The van der Waals surface area contributed by atoms with Gasteiger partial charge in [0.1, 0.15) is 6.33 Å². The van der Waals surface area contributed by atoms with Crippen molar-refractivity contribution in [1.82, 2.24) is 9.97 Å². The molecule has 1 aromatic rings. The first-order valence-electron chi connectivity index (χ1n) is 6.27. The number of nitrogens with two attached hydrogens (primary N) is 1. The zero-order valence-electron chi connectivity index (χ0n) is 11.3. The molecule has 0 unspecified atom stereocenters. The molecular formula is C14H23N3. The molecule has 0 bridgehead atoms. The van der Waals surface area contributed by atoms with Crippen LogP contribution in [-0.2, 0) is 5.54 Å². The van der Waals surface area contributed by atoms with Gasteiger partial charge in [-0.05, 0) is 30.1 Å². The number of rotatable bonds is 1. The second-order valence-electron chi connectivity index (χ2n) is 7.14. The maximum absolute atomic E-state index is 6.65. The zero-order chi connectivity index (χ0) is 12.7. The largest absolute Gasteiger partial charge is 0.321 e. The number of hydrogen-bond donors (Lipinski definition) is 1. The fourth-order valence-corrected chi connectivity index (χ4v) is 3.95. The fourth-order valence-electron chi connectivity index (χ4n) is 3.95. The van der Waals surface area contributed by atoms with Crippen molar-refractivity contribution in [3.8, 4) is 0 Å². The Kier molecular flexibility index (Phi) is 2.77. The molecule has 1 aliphatic carbocycles. The SMILES string of the molecule is CC1(C)CC(C)(C)CC(N)(c2cncnc2)C1. The van der Waals surface area contributed by atoms with Crippen LogP contribution in [0.1, 0.15) is 52.5 Å². The van der Waals surface area contributed by atoms with Crippen molar-refractivity contribution >= 4 is 0 Å². The molecule has 3 heteroatoms. The lowest BCUT2D eigenvalue weighted by Gasteiger charge is -2.50. The molecule has 0 amide bonds. The second kappa shape index (κ2) is 3.77. The highest BCUT2D eigenvalue weighted by atomic mass is 14.8. The Hall–Kier alpha value is -0.960. The topological polar surface area (TPSA) is 51.8 Å². The lowest BCUT2D eigenvalue weighted by Crippen LogP contribution is -2.49. The van der Waals surface area contributed by atoms with Gasteiger partial charge < -0.3 is 5.73 Å². The van der Waals surface area contributed by atoms with Gasteiger partial charge in [-0.3, -0.25) is 0 Å². The highest BCUT2D eigenvalue weighted by Crippen LogP contribution is 2.52. The van der Waals surface area contributed by atoms with Gasteiger partial charge in [-0.25, -0.2) is 9.97 Å². The quantitative estimate of drug-likeness (QED) is 0.811. The Labute approximate surface area is 104 Å². The maximum Gasteiger partial charge on any atom is 0.115 e. The molecular weight excluding hydrogens is 210 g/mol. The van der Waals surface area contributed by atoms with Crippen LogP contribution < -0.4 is 5.73 Å². The van der Waals surface area contributed by atoms with Crippen molar-refractivity contribution in [3.63, 3.8) is 0 Å². The van der Waals surface area contributed by atoms with Crippen molar-refractivity contribution in [2.75, 3.05) is 0 Å². The summed E-state index contributed by atoms with van der Waals surface area (Å²) in [7, 11) is 0. The molecule has 1 saturated carbocycles. The molecule has 3 nitrogen and oxygen atoms in total. The first kappa shape index (κ1) is 12.5. The van der Waals surface area contributed by atoms with Crippen molar-refractivity contribution in [1.29, 1.82) is 0 Å². The van der Waals surface area contributed by atoms with E-state index in [4.69, 9.17) is 5.73 Å². The van der Waals surface area contributed by atoms with E-state index >= 15 is 0 Å². The molecule has 2 N–H and O–H groups in total. The van der Waals surface area contributed by atoms with Gasteiger partial charge in [0.05, 0.1) is 0 Å². The van der Waals surface area contributed by atoms with E-state index < -0.39 is 0 Å². The van der Waals surface area contributed by atoms with E-state index in [-0.39, 0.29) is 16.4 Å². The molecule has 0 saturated heterocycles. The molecule has 0 aliphatic heterocycles. The molecule has 1 aromatic heterocycles. The summed E-state index contributed by atoms with van der Waals surface area (Å²) in [6, 6.07) is 0. The minimum Gasteiger partial charge on any atom is -0.321 e. The molecule has 0 aromatic carbocycles. The summed E-state index contributed by atoms with van der Waals surface area (Å²) < 4.78 is 0. The molecule has 0 radical (unpaired) electrons. The van der Waals surface area contributed by atoms with Gasteiger partial charge in [0.2, 0.25) is 0 Å². The fraction of sp³-hybridized carbons (Fsp3) is 0.714. The van der Waals surface area contributed by atoms with E-state index in [2.05, 4.69) is 37.7 Å². The van der Waals surface area contributed by atoms with Crippen LogP contribution in [0.4, 0.5) is 0 Å². The standard InChI is InChI=1S/C14H23N3/c1-12(2)7-13(3,4)9-14(15,8-12)11-5-16-10-17-6-11/h5-6,10H,7-9,15H2,1-4H3. The number of aromatic nitrogens is 2. The summed E-state index contributed by atoms with van der Waals surface area (Å²) in [4.78, 5) is 8.22. The molecule has 94 valence electrons. The normalized spacial score (nSPS) is 25.5. The summed E-state index contributed by atoms with van der Waals surface area (Å²) in [6.07, 6.45) is 8.50. The summed E-state index contributed by atoms with van der Waals surface area (Å²) in [5, 5.41) is 0. The number of hydrogen-bond acceptors (Lipinski definition) is 3. The van der Waals surface area contributed by atoms with Crippen molar-refractivity contribution in [2.24, 2.45) is 16.6 Å². The average molecular weight is 233 g/mol.